The maximum Gasteiger partial charge on any atom is 0.166 e. The average Bonchev–Trinajstić information content (AvgIpc) is 2.46. The molecular weight excluding hydrogens is 242 g/mol. The van der Waals surface area contributed by atoms with Crippen LogP contribution in [0.5, 0.6) is 17.2 Å². The van der Waals surface area contributed by atoms with Crippen molar-refractivity contribution in [3.8, 4) is 17.2 Å². The maximum atomic E-state index is 5.59. The van der Waals surface area contributed by atoms with Gasteiger partial charge in [0.2, 0.25) is 0 Å². The Balaban J connectivity index is 2.60. The minimum atomic E-state index is 0.313. The molecule has 0 saturated heterocycles. The van der Waals surface area contributed by atoms with Gasteiger partial charge in [-0.25, -0.2) is 0 Å². The van der Waals surface area contributed by atoms with E-state index in [-0.39, 0.29) is 0 Å². The Hall–Kier alpha value is -1.42. The Morgan fingerprint density at radius 1 is 1.16 bits per heavy atom. The van der Waals surface area contributed by atoms with Gasteiger partial charge >= 0.3 is 0 Å². The molecule has 4 nitrogen and oxygen atoms in total. The first kappa shape index (κ1) is 14.0. The van der Waals surface area contributed by atoms with Crippen LogP contribution in [0.2, 0.25) is 0 Å². The smallest absolute Gasteiger partial charge is 0.166 e. The molecule has 0 fully saturated rings. The zero-order chi connectivity index (χ0) is 13.8. The second-order valence-electron chi connectivity index (χ2n) is 4.75. The van der Waals surface area contributed by atoms with E-state index in [0.29, 0.717) is 6.04 Å². The lowest BCUT2D eigenvalue weighted by Crippen LogP contribution is -2.30. The average molecular weight is 265 g/mol. The molecule has 0 bridgehead atoms. The van der Waals surface area contributed by atoms with Crippen molar-refractivity contribution in [2.75, 3.05) is 27.9 Å². The van der Waals surface area contributed by atoms with E-state index in [2.05, 4.69) is 12.2 Å². The summed E-state index contributed by atoms with van der Waals surface area (Å²) in [6, 6.07) is 2.24. The van der Waals surface area contributed by atoms with Crippen LogP contribution in [-0.2, 0) is 6.42 Å². The predicted molar refractivity (Wildman–Crippen MR) is 75.5 cm³/mol. The highest BCUT2D eigenvalue weighted by Gasteiger charge is 2.28. The van der Waals surface area contributed by atoms with Gasteiger partial charge in [0.05, 0.1) is 21.3 Å². The Morgan fingerprint density at radius 2 is 1.89 bits per heavy atom. The van der Waals surface area contributed by atoms with Crippen LogP contribution in [-0.4, -0.2) is 27.9 Å². The van der Waals surface area contributed by atoms with Crippen molar-refractivity contribution in [1.82, 2.24) is 5.32 Å². The highest BCUT2D eigenvalue weighted by Crippen LogP contribution is 2.45. The number of nitrogens with one attached hydrogen (secondary N) is 1. The second kappa shape index (κ2) is 6.15. The molecule has 0 aliphatic carbocycles. The summed E-state index contributed by atoms with van der Waals surface area (Å²) in [5, 5.41) is 3.56. The molecule has 1 aromatic rings. The molecule has 106 valence electrons. The highest BCUT2D eigenvalue weighted by molar-refractivity contribution is 5.59. The Bertz CT molecular complexity index is 423. The molecule has 1 aliphatic heterocycles. The van der Waals surface area contributed by atoms with Gasteiger partial charge in [0.15, 0.2) is 11.5 Å². The number of hydrogen-bond donors (Lipinski definition) is 1. The summed E-state index contributed by atoms with van der Waals surface area (Å²) >= 11 is 0. The third-order valence-electron chi connectivity index (χ3n) is 3.69. The first-order valence-electron chi connectivity index (χ1n) is 6.81. The molecule has 0 aromatic heterocycles. The summed E-state index contributed by atoms with van der Waals surface area (Å²) in [6.07, 6.45) is 3.17. The molecule has 2 rings (SSSR count). The topological polar surface area (TPSA) is 39.7 Å². The van der Waals surface area contributed by atoms with E-state index in [4.69, 9.17) is 14.2 Å². The molecule has 1 aromatic carbocycles. The molecule has 1 unspecified atom stereocenters. The number of methoxy groups -OCH3 is 3. The van der Waals surface area contributed by atoms with E-state index < -0.39 is 0 Å². The molecule has 1 heterocycles. The lowest BCUT2D eigenvalue weighted by Gasteiger charge is -2.30. The van der Waals surface area contributed by atoms with Crippen LogP contribution in [0.4, 0.5) is 0 Å². The van der Waals surface area contributed by atoms with Crippen molar-refractivity contribution < 1.29 is 14.2 Å². The van der Waals surface area contributed by atoms with Gasteiger partial charge in [-0.15, -0.1) is 0 Å². The number of hydrogen-bond acceptors (Lipinski definition) is 4. The fraction of sp³-hybridized carbons (Fsp3) is 0.600. The van der Waals surface area contributed by atoms with Crippen molar-refractivity contribution in [3.05, 3.63) is 17.2 Å². The molecule has 0 amide bonds. The van der Waals surface area contributed by atoms with Crippen molar-refractivity contribution in [3.63, 3.8) is 0 Å². The minimum absolute atomic E-state index is 0.313. The van der Waals surface area contributed by atoms with Crippen molar-refractivity contribution >= 4 is 0 Å². The van der Waals surface area contributed by atoms with Crippen LogP contribution in [0.25, 0.3) is 0 Å². The molecule has 0 spiro atoms. The lowest BCUT2D eigenvalue weighted by molar-refractivity contribution is 0.331. The number of ether oxygens (including phenoxy) is 3. The zero-order valence-corrected chi connectivity index (χ0v) is 12.2. The first-order chi connectivity index (χ1) is 9.26. The second-order valence-corrected chi connectivity index (χ2v) is 4.75. The quantitative estimate of drug-likeness (QED) is 0.888. The zero-order valence-electron chi connectivity index (χ0n) is 12.2. The normalized spacial score (nSPS) is 17.8. The molecular formula is C15H23NO3. The molecule has 1 N–H and O–H groups in total. The predicted octanol–water partition coefficient (Wildman–Crippen LogP) is 2.70. The Labute approximate surface area is 115 Å². The van der Waals surface area contributed by atoms with Gasteiger partial charge in [-0.1, -0.05) is 13.3 Å². The fourth-order valence-corrected chi connectivity index (χ4v) is 2.85. The van der Waals surface area contributed by atoms with E-state index in [1.807, 2.05) is 6.07 Å². The lowest BCUT2D eigenvalue weighted by atomic mass is 9.89. The van der Waals surface area contributed by atoms with Crippen LogP contribution in [0.15, 0.2) is 6.07 Å². The van der Waals surface area contributed by atoms with Gasteiger partial charge in [0.1, 0.15) is 5.75 Å². The summed E-state index contributed by atoms with van der Waals surface area (Å²) < 4.78 is 16.5. The van der Waals surface area contributed by atoms with Crippen LogP contribution in [0, 0.1) is 0 Å². The van der Waals surface area contributed by atoms with Crippen molar-refractivity contribution in [2.45, 2.75) is 32.2 Å². The summed E-state index contributed by atoms with van der Waals surface area (Å²) in [6.45, 7) is 3.17. The maximum absolute atomic E-state index is 5.59. The van der Waals surface area contributed by atoms with Gasteiger partial charge in [-0.05, 0) is 19.4 Å². The first-order valence-corrected chi connectivity index (χ1v) is 6.81. The third-order valence-corrected chi connectivity index (χ3v) is 3.69. The third kappa shape index (κ3) is 2.50. The largest absolute Gasteiger partial charge is 0.496 e. The summed E-state index contributed by atoms with van der Waals surface area (Å²) in [4.78, 5) is 0. The number of rotatable bonds is 5. The Kier molecular flexibility index (Phi) is 4.53. The van der Waals surface area contributed by atoms with Crippen LogP contribution in [0.1, 0.15) is 36.9 Å². The van der Waals surface area contributed by atoms with Gasteiger partial charge in [0, 0.05) is 23.2 Å². The number of benzene rings is 1. The van der Waals surface area contributed by atoms with Crippen LogP contribution >= 0.6 is 0 Å². The molecule has 4 heteroatoms. The molecule has 1 atom stereocenters. The van der Waals surface area contributed by atoms with Crippen LogP contribution < -0.4 is 19.5 Å². The number of fused-ring (bicyclic) bond motifs is 1. The van der Waals surface area contributed by atoms with Gasteiger partial charge in [-0.3, -0.25) is 0 Å². The van der Waals surface area contributed by atoms with Crippen molar-refractivity contribution in [2.24, 2.45) is 0 Å². The standard InChI is InChI=1S/C15H23NO3/c1-5-6-11-14-10(7-8-16-11)12(17-2)9-13(18-3)15(14)19-4/h9,11,16H,5-8H2,1-4H3. The van der Waals surface area contributed by atoms with Crippen molar-refractivity contribution in [1.29, 1.82) is 0 Å². The van der Waals surface area contributed by atoms with E-state index >= 15 is 0 Å². The van der Waals surface area contributed by atoms with E-state index in [9.17, 15) is 0 Å². The molecule has 0 saturated carbocycles. The van der Waals surface area contributed by atoms with E-state index in [1.54, 1.807) is 21.3 Å². The van der Waals surface area contributed by atoms with Gasteiger partial charge in [-0.2, -0.15) is 0 Å². The summed E-state index contributed by atoms with van der Waals surface area (Å²) in [5.74, 6) is 2.47. The SMILES string of the molecule is CCCC1NCCc2c(OC)cc(OC)c(OC)c21. The van der Waals surface area contributed by atoms with E-state index in [0.717, 1.165) is 43.1 Å². The summed E-state index contributed by atoms with van der Waals surface area (Å²) in [5.41, 5.74) is 2.45. The molecule has 0 radical (unpaired) electrons. The van der Waals surface area contributed by atoms with Gasteiger partial charge in [0.25, 0.3) is 0 Å². The molecule has 19 heavy (non-hydrogen) atoms. The Morgan fingerprint density at radius 3 is 2.47 bits per heavy atom. The molecule has 1 aliphatic rings. The fourth-order valence-electron chi connectivity index (χ4n) is 2.85. The minimum Gasteiger partial charge on any atom is -0.496 e. The highest BCUT2D eigenvalue weighted by atomic mass is 16.5. The van der Waals surface area contributed by atoms with Crippen LogP contribution in [0.3, 0.4) is 0 Å². The monoisotopic (exact) mass is 265 g/mol. The van der Waals surface area contributed by atoms with Gasteiger partial charge < -0.3 is 19.5 Å². The van der Waals surface area contributed by atoms with E-state index in [1.165, 1.54) is 11.1 Å². The summed E-state index contributed by atoms with van der Waals surface area (Å²) in [7, 11) is 5.06.